The van der Waals surface area contributed by atoms with Crippen LogP contribution in [0.3, 0.4) is 0 Å². The molecule has 0 aliphatic heterocycles. The summed E-state index contributed by atoms with van der Waals surface area (Å²) < 4.78 is 0. The van der Waals surface area contributed by atoms with E-state index >= 15 is 0 Å². The first-order valence-corrected chi connectivity index (χ1v) is 1.39. The van der Waals surface area contributed by atoms with Gasteiger partial charge in [-0.2, -0.15) is 0 Å². The molecule has 0 atom stereocenters. The van der Waals surface area contributed by atoms with Gasteiger partial charge in [0, 0.05) is 14.2 Å². The van der Waals surface area contributed by atoms with Gasteiger partial charge in [-0.05, 0) is 0 Å². The van der Waals surface area contributed by atoms with E-state index in [0.717, 1.165) is 14.2 Å². The second-order valence-electron chi connectivity index (χ2n) is 0.105. The third-order valence-corrected chi connectivity index (χ3v) is 0. The Morgan fingerprint density at radius 1 is 1.14 bits per heavy atom. The summed E-state index contributed by atoms with van der Waals surface area (Å²) in [7, 11) is 2.00. The van der Waals surface area contributed by atoms with Crippen LogP contribution in [-0.2, 0) is 4.79 Å². The van der Waals surface area contributed by atoms with E-state index in [0.29, 0.717) is 0 Å². The lowest BCUT2D eigenvalue weighted by Gasteiger charge is -1.34. The number of aliphatic hydroxyl groups excluding tert-OH is 2. The molecule has 0 saturated heterocycles. The van der Waals surface area contributed by atoms with E-state index in [4.69, 9.17) is 20.1 Å². The molecule has 0 aromatic heterocycles. The van der Waals surface area contributed by atoms with Crippen molar-refractivity contribution in [2.75, 3.05) is 14.2 Å². The molecule has 0 radical (unpaired) electrons. The van der Waals surface area contributed by atoms with Crippen molar-refractivity contribution in [1.29, 1.82) is 0 Å². The summed E-state index contributed by atoms with van der Waals surface area (Å²) in [6, 6.07) is 0. The molecule has 0 aliphatic carbocycles. The zero-order valence-corrected chi connectivity index (χ0v) is 4.33. The van der Waals surface area contributed by atoms with Crippen LogP contribution in [0.5, 0.6) is 0 Å². The Hall–Kier alpha value is -0.610. The lowest BCUT2D eigenvalue weighted by molar-refractivity contribution is -0.122. The van der Waals surface area contributed by atoms with E-state index in [-0.39, 0.29) is 6.47 Å². The Labute approximate surface area is 42.0 Å². The zero-order valence-electron chi connectivity index (χ0n) is 4.33. The summed E-state index contributed by atoms with van der Waals surface area (Å²) in [6.07, 6.45) is 0. The van der Waals surface area contributed by atoms with Gasteiger partial charge in [0.15, 0.2) is 0 Å². The smallest absolute Gasteiger partial charge is 0.290 e. The maximum absolute atomic E-state index is 8.36. The molecule has 0 aliphatic rings. The van der Waals surface area contributed by atoms with Crippen LogP contribution in [0.2, 0.25) is 0 Å². The maximum atomic E-state index is 8.36. The van der Waals surface area contributed by atoms with E-state index in [1.165, 1.54) is 0 Å². The highest BCUT2D eigenvalue weighted by atomic mass is 16.3. The fraction of sp³-hybridized carbons (Fsp3) is 0.667. The summed E-state index contributed by atoms with van der Waals surface area (Å²) in [4.78, 5) is 8.36. The molecule has 4 heteroatoms. The third kappa shape index (κ3) is 166. The minimum atomic E-state index is -0.250. The van der Waals surface area contributed by atoms with Crippen LogP contribution in [-0.4, -0.2) is 36.0 Å². The number of hydrogen-bond donors (Lipinski definition) is 3. The summed E-state index contributed by atoms with van der Waals surface area (Å²) in [5, 5.41) is 20.9. The molecule has 7 heavy (non-hydrogen) atoms. The maximum Gasteiger partial charge on any atom is 0.290 e. The van der Waals surface area contributed by atoms with Crippen LogP contribution in [0.25, 0.3) is 0 Å². The van der Waals surface area contributed by atoms with Crippen LogP contribution in [0.1, 0.15) is 0 Å². The number of carboxylic acid groups (broad SMARTS) is 1. The van der Waals surface area contributed by atoms with Crippen molar-refractivity contribution in [3.63, 3.8) is 0 Å². The van der Waals surface area contributed by atoms with Crippen molar-refractivity contribution < 1.29 is 20.1 Å². The van der Waals surface area contributed by atoms with Crippen molar-refractivity contribution in [3.05, 3.63) is 0 Å². The third-order valence-electron chi connectivity index (χ3n) is 0. The van der Waals surface area contributed by atoms with Gasteiger partial charge in [0.05, 0.1) is 0 Å². The van der Waals surface area contributed by atoms with Crippen LogP contribution in [0, 0.1) is 0 Å². The van der Waals surface area contributed by atoms with E-state index in [1.807, 2.05) is 0 Å². The Balaban J connectivity index is -0.0000000360. The summed E-state index contributed by atoms with van der Waals surface area (Å²) in [6.45, 7) is -0.250. The van der Waals surface area contributed by atoms with Crippen LogP contribution < -0.4 is 0 Å². The van der Waals surface area contributed by atoms with Crippen molar-refractivity contribution in [2.45, 2.75) is 0 Å². The summed E-state index contributed by atoms with van der Waals surface area (Å²) in [5.74, 6) is 0. The molecule has 0 spiro atoms. The largest absolute Gasteiger partial charge is 0.483 e. The normalized spacial score (nSPS) is 3.43. The van der Waals surface area contributed by atoms with Crippen LogP contribution in [0.15, 0.2) is 0 Å². The molecular formula is C3H10O4. The highest BCUT2D eigenvalue weighted by Crippen LogP contribution is 0.966. The molecule has 0 unspecified atom stereocenters. The highest BCUT2D eigenvalue weighted by Gasteiger charge is 1.22. The minimum Gasteiger partial charge on any atom is -0.483 e. The number of rotatable bonds is 0. The van der Waals surface area contributed by atoms with Crippen LogP contribution >= 0.6 is 0 Å². The fourth-order valence-electron chi connectivity index (χ4n) is 0. The van der Waals surface area contributed by atoms with Gasteiger partial charge in [0.1, 0.15) is 0 Å². The lowest BCUT2D eigenvalue weighted by atomic mass is 11.7. The van der Waals surface area contributed by atoms with E-state index < -0.39 is 0 Å². The molecule has 0 heterocycles. The van der Waals surface area contributed by atoms with Gasteiger partial charge in [0.2, 0.25) is 0 Å². The zero-order chi connectivity index (χ0) is 6.71. The van der Waals surface area contributed by atoms with Crippen molar-refractivity contribution in [2.24, 2.45) is 0 Å². The molecule has 0 saturated carbocycles. The predicted molar refractivity (Wildman–Crippen MR) is 25.0 cm³/mol. The molecular weight excluding hydrogens is 100 g/mol. The Morgan fingerprint density at radius 2 is 1.14 bits per heavy atom. The quantitative estimate of drug-likeness (QED) is 0.346. The number of aliphatic hydroxyl groups is 2. The molecule has 0 fully saturated rings. The molecule has 0 rings (SSSR count). The van der Waals surface area contributed by atoms with Crippen molar-refractivity contribution in [3.8, 4) is 0 Å². The molecule has 0 amide bonds. The molecule has 3 N–H and O–H groups in total. The molecule has 0 bridgehead atoms. The monoisotopic (exact) mass is 110 g/mol. The van der Waals surface area contributed by atoms with Crippen LogP contribution in [0.4, 0.5) is 0 Å². The van der Waals surface area contributed by atoms with Crippen molar-refractivity contribution >= 4 is 6.47 Å². The molecule has 0 aromatic carbocycles. The Bertz CT molecular complexity index is 14.4. The molecule has 0 aromatic rings. The van der Waals surface area contributed by atoms with Gasteiger partial charge in [0.25, 0.3) is 6.47 Å². The number of hydrogen-bond acceptors (Lipinski definition) is 3. The number of carbonyl (C=O) groups is 1. The average molecular weight is 110 g/mol. The van der Waals surface area contributed by atoms with Gasteiger partial charge in [-0.1, -0.05) is 0 Å². The molecule has 46 valence electrons. The first kappa shape index (κ1) is 16.2. The minimum absolute atomic E-state index is 0.250. The predicted octanol–water partition coefficient (Wildman–Crippen LogP) is -1.08. The first-order valence-electron chi connectivity index (χ1n) is 1.39. The van der Waals surface area contributed by atoms with Gasteiger partial charge < -0.3 is 15.3 Å². The van der Waals surface area contributed by atoms with Gasteiger partial charge in [-0.3, -0.25) is 4.79 Å². The standard InChI is InChI=1S/CH2O2.2CH4O/c2-1-3;2*1-2/h1H,(H,2,3);2*2H,1H3. The fourth-order valence-corrected chi connectivity index (χ4v) is 0. The lowest BCUT2D eigenvalue weighted by Crippen LogP contribution is -1.49. The van der Waals surface area contributed by atoms with Gasteiger partial charge >= 0.3 is 0 Å². The van der Waals surface area contributed by atoms with Crippen molar-refractivity contribution in [1.82, 2.24) is 0 Å². The van der Waals surface area contributed by atoms with E-state index in [2.05, 4.69) is 0 Å². The SMILES string of the molecule is CO.CO.O=CO. The Morgan fingerprint density at radius 3 is 1.14 bits per heavy atom. The van der Waals surface area contributed by atoms with E-state index in [1.54, 1.807) is 0 Å². The molecule has 4 nitrogen and oxygen atoms in total. The Kier molecular flexibility index (Phi) is 1580. The van der Waals surface area contributed by atoms with Gasteiger partial charge in [-0.25, -0.2) is 0 Å². The first-order chi connectivity index (χ1) is 3.41. The summed E-state index contributed by atoms with van der Waals surface area (Å²) in [5.41, 5.74) is 0. The second kappa shape index (κ2) is 683. The van der Waals surface area contributed by atoms with Gasteiger partial charge in [-0.15, -0.1) is 0 Å². The second-order valence-corrected chi connectivity index (χ2v) is 0.105. The average Bonchev–Trinajstić information content (AvgIpc) is 1.78. The topological polar surface area (TPSA) is 77.8 Å². The highest BCUT2D eigenvalue weighted by molar-refractivity contribution is 5.32. The summed E-state index contributed by atoms with van der Waals surface area (Å²) >= 11 is 0. The van der Waals surface area contributed by atoms with E-state index in [9.17, 15) is 0 Å².